The van der Waals surface area contributed by atoms with Gasteiger partial charge in [0.15, 0.2) is 0 Å². The second kappa shape index (κ2) is 7.43. The lowest BCUT2D eigenvalue weighted by atomic mass is 9.72. The SMILES string of the molecule is CCC(NC(=O)N1CCC2(CCOCC2)CC1)c1ccc(O)cc1. The quantitative estimate of drug-likeness (QED) is 0.891. The monoisotopic (exact) mass is 332 g/mol. The van der Waals surface area contributed by atoms with Crippen molar-refractivity contribution in [3.63, 3.8) is 0 Å². The third kappa shape index (κ3) is 3.83. The molecule has 0 aromatic heterocycles. The van der Waals surface area contributed by atoms with Gasteiger partial charge in [-0.05, 0) is 55.2 Å². The van der Waals surface area contributed by atoms with E-state index in [1.807, 2.05) is 17.0 Å². The van der Waals surface area contributed by atoms with Crippen molar-refractivity contribution in [3.8, 4) is 5.75 Å². The van der Waals surface area contributed by atoms with Crippen molar-refractivity contribution in [2.45, 2.75) is 45.1 Å². The van der Waals surface area contributed by atoms with E-state index >= 15 is 0 Å². The van der Waals surface area contributed by atoms with Crippen LogP contribution in [0.4, 0.5) is 4.79 Å². The predicted octanol–water partition coefficient (Wildman–Crippen LogP) is 3.45. The number of piperidine rings is 1. The third-order valence-corrected chi connectivity index (χ3v) is 5.67. The Kier molecular flexibility index (Phi) is 5.29. The van der Waals surface area contributed by atoms with Gasteiger partial charge in [-0.3, -0.25) is 0 Å². The van der Waals surface area contributed by atoms with Crippen LogP contribution in [0.3, 0.4) is 0 Å². The lowest BCUT2D eigenvalue weighted by molar-refractivity contribution is -0.0146. The second-order valence-corrected chi connectivity index (χ2v) is 7.10. The van der Waals surface area contributed by atoms with E-state index in [0.717, 1.165) is 64.0 Å². The maximum Gasteiger partial charge on any atom is 0.317 e. The zero-order valence-electron chi connectivity index (χ0n) is 14.5. The number of hydrogen-bond donors (Lipinski definition) is 2. The van der Waals surface area contributed by atoms with Crippen LogP contribution in [0.5, 0.6) is 5.75 Å². The Labute approximate surface area is 144 Å². The minimum absolute atomic E-state index is 0.0166. The van der Waals surface area contributed by atoms with Gasteiger partial charge in [-0.25, -0.2) is 4.79 Å². The fraction of sp³-hybridized carbons (Fsp3) is 0.632. The van der Waals surface area contributed by atoms with Gasteiger partial charge in [-0.15, -0.1) is 0 Å². The molecule has 5 heteroatoms. The lowest BCUT2D eigenvalue weighted by Crippen LogP contribution is -2.49. The summed E-state index contributed by atoms with van der Waals surface area (Å²) in [4.78, 5) is 14.6. The minimum Gasteiger partial charge on any atom is -0.508 e. The van der Waals surface area contributed by atoms with Crippen LogP contribution in [0.1, 0.15) is 50.6 Å². The molecular weight excluding hydrogens is 304 g/mol. The van der Waals surface area contributed by atoms with Crippen LogP contribution in [0.2, 0.25) is 0 Å². The first kappa shape index (κ1) is 17.1. The molecule has 1 atom stereocenters. The van der Waals surface area contributed by atoms with Crippen molar-refractivity contribution in [2.24, 2.45) is 5.41 Å². The summed E-state index contributed by atoms with van der Waals surface area (Å²) >= 11 is 0. The van der Waals surface area contributed by atoms with E-state index < -0.39 is 0 Å². The van der Waals surface area contributed by atoms with Crippen molar-refractivity contribution in [2.75, 3.05) is 26.3 Å². The van der Waals surface area contributed by atoms with E-state index in [9.17, 15) is 9.90 Å². The molecule has 0 bridgehead atoms. The number of nitrogens with zero attached hydrogens (tertiary/aromatic N) is 1. The Morgan fingerprint density at radius 1 is 1.21 bits per heavy atom. The zero-order valence-corrected chi connectivity index (χ0v) is 14.5. The molecule has 1 spiro atoms. The molecule has 2 N–H and O–H groups in total. The molecule has 2 amide bonds. The van der Waals surface area contributed by atoms with Crippen LogP contribution < -0.4 is 5.32 Å². The summed E-state index contributed by atoms with van der Waals surface area (Å²) < 4.78 is 5.49. The third-order valence-electron chi connectivity index (χ3n) is 5.67. The van der Waals surface area contributed by atoms with Crippen LogP contribution in [0, 0.1) is 5.41 Å². The number of nitrogens with one attached hydrogen (secondary N) is 1. The van der Waals surface area contributed by atoms with E-state index in [0.29, 0.717) is 5.41 Å². The first-order valence-corrected chi connectivity index (χ1v) is 9.04. The molecule has 1 aromatic carbocycles. The molecule has 0 aliphatic carbocycles. The van der Waals surface area contributed by atoms with E-state index in [-0.39, 0.29) is 17.8 Å². The number of hydrogen-bond acceptors (Lipinski definition) is 3. The van der Waals surface area contributed by atoms with Crippen molar-refractivity contribution < 1.29 is 14.6 Å². The zero-order chi connectivity index (χ0) is 17.0. The number of carbonyl (C=O) groups is 1. The number of aromatic hydroxyl groups is 1. The van der Waals surface area contributed by atoms with Gasteiger partial charge in [0.2, 0.25) is 0 Å². The summed E-state index contributed by atoms with van der Waals surface area (Å²) in [5, 5.41) is 12.6. The molecule has 1 aromatic rings. The molecule has 24 heavy (non-hydrogen) atoms. The summed E-state index contributed by atoms with van der Waals surface area (Å²) in [6.07, 6.45) is 5.26. The Morgan fingerprint density at radius 3 is 2.42 bits per heavy atom. The molecule has 2 fully saturated rings. The normalized spacial score (nSPS) is 21.5. The van der Waals surface area contributed by atoms with Gasteiger partial charge >= 0.3 is 6.03 Å². The Bertz CT molecular complexity index is 542. The highest BCUT2D eigenvalue weighted by molar-refractivity contribution is 5.74. The topological polar surface area (TPSA) is 61.8 Å². The van der Waals surface area contributed by atoms with Crippen LogP contribution in [0.15, 0.2) is 24.3 Å². The molecule has 132 valence electrons. The van der Waals surface area contributed by atoms with Gasteiger partial charge in [-0.2, -0.15) is 0 Å². The molecular formula is C19H28N2O3. The first-order chi connectivity index (χ1) is 11.6. The standard InChI is InChI=1S/C19H28N2O3/c1-2-17(15-3-5-16(22)6-4-15)20-18(23)21-11-7-19(8-12-21)9-13-24-14-10-19/h3-6,17,22H,2,7-14H2,1H3,(H,20,23). The molecule has 1 unspecified atom stereocenters. The van der Waals surface area contributed by atoms with Crippen LogP contribution in [-0.2, 0) is 4.74 Å². The van der Waals surface area contributed by atoms with E-state index in [1.165, 1.54) is 0 Å². The summed E-state index contributed by atoms with van der Waals surface area (Å²) in [6.45, 7) is 5.45. The highest BCUT2D eigenvalue weighted by Gasteiger charge is 2.37. The number of amides is 2. The molecule has 2 aliphatic rings. The largest absolute Gasteiger partial charge is 0.508 e. The van der Waals surface area contributed by atoms with Crippen molar-refractivity contribution in [1.82, 2.24) is 10.2 Å². The lowest BCUT2D eigenvalue weighted by Gasteiger charge is -2.44. The van der Waals surface area contributed by atoms with Crippen LogP contribution in [0.25, 0.3) is 0 Å². The van der Waals surface area contributed by atoms with Crippen LogP contribution in [-0.4, -0.2) is 42.3 Å². The number of phenols is 1. The van der Waals surface area contributed by atoms with Gasteiger partial charge in [-0.1, -0.05) is 19.1 Å². The molecule has 2 saturated heterocycles. The number of phenolic OH excluding ortho intramolecular Hbond substituents is 1. The highest BCUT2D eigenvalue weighted by Crippen LogP contribution is 2.40. The fourth-order valence-electron chi connectivity index (χ4n) is 3.86. The first-order valence-electron chi connectivity index (χ1n) is 9.04. The maximum absolute atomic E-state index is 12.6. The molecule has 2 aliphatic heterocycles. The molecule has 0 saturated carbocycles. The van der Waals surface area contributed by atoms with Crippen molar-refractivity contribution >= 4 is 6.03 Å². The van der Waals surface area contributed by atoms with Gasteiger partial charge in [0.25, 0.3) is 0 Å². The predicted molar refractivity (Wildman–Crippen MR) is 93.0 cm³/mol. The van der Waals surface area contributed by atoms with Gasteiger partial charge in [0, 0.05) is 26.3 Å². The molecule has 2 heterocycles. The van der Waals surface area contributed by atoms with E-state index in [1.54, 1.807) is 12.1 Å². The molecule has 3 rings (SSSR count). The van der Waals surface area contributed by atoms with Gasteiger partial charge in [0.05, 0.1) is 6.04 Å². The number of carbonyl (C=O) groups excluding carboxylic acids is 1. The highest BCUT2D eigenvalue weighted by atomic mass is 16.5. The minimum atomic E-state index is -0.0166. The number of likely N-dealkylation sites (tertiary alicyclic amines) is 1. The van der Waals surface area contributed by atoms with Gasteiger partial charge < -0.3 is 20.1 Å². The van der Waals surface area contributed by atoms with Crippen molar-refractivity contribution in [3.05, 3.63) is 29.8 Å². The van der Waals surface area contributed by atoms with Crippen molar-refractivity contribution in [1.29, 1.82) is 0 Å². The summed E-state index contributed by atoms with van der Waals surface area (Å²) in [7, 11) is 0. The van der Waals surface area contributed by atoms with Crippen LogP contribution >= 0.6 is 0 Å². The Morgan fingerprint density at radius 2 is 1.83 bits per heavy atom. The van der Waals surface area contributed by atoms with E-state index in [2.05, 4.69) is 12.2 Å². The molecule has 0 radical (unpaired) electrons. The number of rotatable bonds is 3. The maximum atomic E-state index is 12.6. The smallest absolute Gasteiger partial charge is 0.317 e. The summed E-state index contributed by atoms with van der Waals surface area (Å²) in [5.74, 6) is 0.248. The summed E-state index contributed by atoms with van der Waals surface area (Å²) in [6, 6.07) is 7.09. The average molecular weight is 332 g/mol. The van der Waals surface area contributed by atoms with E-state index in [4.69, 9.17) is 4.74 Å². The summed E-state index contributed by atoms with van der Waals surface area (Å²) in [5.41, 5.74) is 1.43. The second-order valence-electron chi connectivity index (χ2n) is 7.10. The number of ether oxygens (including phenoxy) is 1. The average Bonchev–Trinajstić information content (AvgIpc) is 2.62. The number of urea groups is 1. The van der Waals surface area contributed by atoms with Gasteiger partial charge in [0.1, 0.15) is 5.75 Å². The Hall–Kier alpha value is -1.75. The fourth-order valence-corrected chi connectivity index (χ4v) is 3.86. The molecule has 5 nitrogen and oxygen atoms in total. The Balaban J connectivity index is 1.55. The number of benzene rings is 1.